The quantitative estimate of drug-likeness (QED) is 0.494. The maximum Gasteiger partial charge on any atom is 0.330 e. The van der Waals surface area contributed by atoms with Gasteiger partial charge in [0, 0.05) is 18.5 Å². The maximum atomic E-state index is 10.1. The fraction of sp³-hybridized carbons (Fsp3) is 0.400. The first-order chi connectivity index (χ1) is 6.54. The van der Waals surface area contributed by atoms with Gasteiger partial charge in [0.2, 0.25) is 5.91 Å². The van der Waals surface area contributed by atoms with Crippen molar-refractivity contribution in [1.82, 2.24) is 5.32 Å². The average Bonchev–Trinajstić information content (AvgIpc) is 2.60. The summed E-state index contributed by atoms with van der Waals surface area (Å²) >= 11 is 0. The van der Waals surface area contributed by atoms with Crippen LogP contribution in [0.15, 0.2) is 25.3 Å². The van der Waals surface area contributed by atoms with Gasteiger partial charge in [0.15, 0.2) is 0 Å². The fourth-order valence-electron chi connectivity index (χ4n) is 0.565. The third kappa shape index (κ3) is 10.4. The van der Waals surface area contributed by atoms with Gasteiger partial charge in [-0.05, 0) is 13.3 Å². The molecule has 1 saturated heterocycles. The summed E-state index contributed by atoms with van der Waals surface area (Å²) in [5.41, 5.74) is 0.176. The molecule has 0 radical (unpaired) electrons. The van der Waals surface area contributed by atoms with E-state index in [-0.39, 0.29) is 11.5 Å². The topological polar surface area (TPSA) is 66.4 Å². The fourth-order valence-corrected chi connectivity index (χ4v) is 0.565. The molecule has 0 bridgehead atoms. The number of carbonyl (C=O) groups excluding carboxylic acids is 1. The molecule has 80 valence electrons. The highest BCUT2D eigenvalue weighted by atomic mass is 16.4. The van der Waals surface area contributed by atoms with Gasteiger partial charge in [-0.1, -0.05) is 6.58 Å². The van der Waals surface area contributed by atoms with E-state index in [4.69, 9.17) is 5.11 Å². The van der Waals surface area contributed by atoms with Gasteiger partial charge in [-0.15, -0.1) is 13.2 Å². The summed E-state index contributed by atoms with van der Waals surface area (Å²) < 4.78 is 0. The third-order valence-electron chi connectivity index (χ3n) is 1.27. The Morgan fingerprint density at radius 3 is 2.00 bits per heavy atom. The number of carboxylic acid groups (broad SMARTS) is 1. The number of amides is 1. The molecule has 0 aromatic heterocycles. The monoisotopic (exact) mass is 199 g/mol. The van der Waals surface area contributed by atoms with Crippen LogP contribution in [-0.2, 0) is 9.59 Å². The molecule has 1 amide bonds. The van der Waals surface area contributed by atoms with Crippen molar-refractivity contribution in [2.75, 3.05) is 6.54 Å². The van der Waals surface area contributed by atoms with Crippen molar-refractivity contribution in [3.63, 3.8) is 0 Å². The summed E-state index contributed by atoms with van der Waals surface area (Å²) in [7, 11) is 0. The highest BCUT2D eigenvalue weighted by molar-refractivity contribution is 5.84. The number of carboxylic acids is 1. The number of rotatable bonds is 1. The average molecular weight is 199 g/mol. The van der Waals surface area contributed by atoms with Gasteiger partial charge in [0.1, 0.15) is 0 Å². The molecule has 0 unspecified atom stereocenters. The molecule has 1 fully saturated rings. The highest BCUT2D eigenvalue weighted by Crippen LogP contribution is 1.93. The second-order valence-corrected chi connectivity index (χ2v) is 2.54. The van der Waals surface area contributed by atoms with Gasteiger partial charge in [-0.3, -0.25) is 4.79 Å². The molecular weight excluding hydrogens is 182 g/mol. The van der Waals surface area contributed by atoms with E-state index in [2.05, 4.69) is 25.1 Å². The SMILES string of the molecule is C=C.C=C(C)C(=O)O.O=C1CCCN1. The zero-order valence-corrected chi connectivity index (χ0v) is 8.51. The van der Waals surface area contributed by atoms with Crippen molar-refractivity contribution < 1.29 is 14.7 Å². The van der Waals surface area contributed by atoms with Gasteiger partial charge >= 0.3 is 5.97 Å². The van der Waals surface area contributed by atoms with Crippen LogP contribution in [-0.4, -0.2) is 23.5 Å². The van der Waals surface area contributed by atoms with Crippen LogP contribution in [0.25, 0.3) is 0 Å². The summed E-state index contributed by atoms with van der Waals surface area (Å²) in [6, 6.07) is 0. The smallest absolute Gasteiger partial charge is 0.330 e. The van der Waals surface area contributed by atoms with Crippen molar-refractivity contribution in [3.8, 4) is 0 Å². The van der Waals surface area contributed by atoms with E-state index in [1.165, 1.54) is 6.92 Å². The highest BCUT2D eigenvalue weighted by Gasteiger charge is 2.05. The van der Waals surface area contributed by atoms with Crippen LogP contribution in [0.4, 0.5) is 0 Å². The van der Waals surface area contributed by atoms with Crippen molar-refractivity contribution in [1.29, 1.82) is 0 Å². The van der Waals surface area contributed by atoms with Crippen molar-refractivity contribution in [2.24, 2.45) is 0 Å². The summed E-state index contributed by atoms with van der Waals surface area (Å²) in [6.45, 7) is 11.5. The van der Waals surface area contributed by atoms with E-state index < -0.39 is 5.97 Å². The Kier molecular flexibility index (Phi) is 10.1. The van der Waals surface area contributed by atoms with Gasteiger partial charge in [0.05, 0.1) is 0 Å². The molecule has 0 spiro atoms. The molecule has 1 heterocycles. The summed E-state index contributed by atoms with van der Waals surface area (Å²) in [5, 5.41) is 10.6. The maximum absolute atomic E-state index is 10.1. The molecule has 14 heavy (non-hydrogen) atoms. The largest absolute Gasteiger partial charge is 0.478 e. The lowest BCUT2D eigenvalue weighted by atomic mass is 10.4. The number of hydrogen-bond acceptors (Lipinski definition) is 2. The van der Waals surface area contributed by atoms with Crippen LogP contribution >= 0.6 is 0 Å². The number of nitrogens with one attached hydrogen (secondary N) is 1. The van der Waals surface area contributed by atoms with E-state index in [1.54, 1.807) is 0 Å². The Hall–Kier alpha value is -1.58. The predicted octanol–water partition coefficient (Wildman–Crippen LogP) is 1.35. The normalized spacial score (nSPS) is 12.5. The first kappa shape index (κ1) is 14.9. The van der Waals surface area contributed by atoms with Crippen LogP contribution in [0.2, 0.25) is 0 Å². The van der Waals surface area contributed by atoms with E-state index in [0.717, 1.165) is 19.4 Å². The van der Waals surface area contributed by atoms with Crippen LogP contribution < -0.4 is 5.32 Å². The standard InChI is InChI=1S/C4H7NO.C4H6O2.C2H4/c6-4-2-1-3-5-4;1-3(2)4(5)6;1-2/h1-3H2,(H,5,6);1H2,2H3,(H,5,6);1-2H2. The van der Waals surface area contributed by atoms with Gasteiger partial charge < -0.3 is 10.4 Å². The van der Waals surface area contributed by atoms with Gasteiger partial charge in [0.25, 0.3) is 0 Å². The van der Waals surface area contributed by atoms with E-state index >= 15 is 0 Å². The summed E-state index contributed by atoms with van der Waals surface area (Å²) in [5.74, 6) is -0.731. The summed E-state index contributed by atoms with van der Waals surface area (Å²) in [6.07, 6.45) is 1.76. The lowest BCUT2D eigenvalue weighted by Crippen LogP contribution is -2.12. The molecule has 0 saturated carbocycles. The van der Waals surface area contributed by atoms with Crippen molar-refractivity contribution in [2.45, 2.75) is 19.8 Å². The van der Waals surface area contributed by atoms with Gasteiger partial charge in [-0.25, -0.2) is 4.79 Å². The van der Waals surface area contributed by atoms with Crippen molar-refractivity contribution in [3.05, 3.63) is 25.3 Å². The first-order valence-electron chi connectivity index (χ1n) is 4.19. The molecule has 4 nitrogen and oxygen atoms in total. The molecular formula is C10H17NO3. The van der Waals surface area contributed by atoms with Crippen LogP contribution in [0.3, 0.4) is 0 Å². The second-order valence-electron chi connectivity index (χ2n) is 2.54. The van der Waals surface area contributed by atoms with E-state index in [1.807, 2.05) is 0 Å². The van der Waals surface area contributed by atoms with E-state index in [0.29, 0.717) is 0 Å². The number of carbonyl (C=O) groups is 2. The first-order valence-corrected chi connectivity index (χ1v) is 4.19. The Morgan fingerprint density at radius 2 is 1.93 bits per heavy atom. The molecule has 0 aromatic rings. The Labute approximate surface area is 84.3 Å². The molecule has 2 N–H and O–H groups in total. The number of hydrogen-bond donors (Lipinski definition) is 2. The number of aliphatic carboxylic acids is 1. The zero-order chi connectivity index (χ0) is 11.6. The molecule has 0 aromatic carbocycles. The zero-order valence-electron chi connectivity index (χ0n) is 8.51. The predicted molar refractivity (Wildman–Crippen MR) is 55.9 cm³/mol. The molecule has 0 atom stereocenters. The minimum Gasteiger partial charge on any atom is -0.478 e. The van der Waals surface area contributed by atoms with Crippen molar-refractivity contribution >= 4 is 11.9 Å². The molecule has 1 aliphatic heterocycles. The Balaban J connectivity index is 0. The lowest BCUT2D eigenvalue weighted by Gasteiger charge is -1.80. The minimum absolute atomic E-state index is 0.176. The van der Waals surface area contributed by atoms with Crippen LogP contribution in [0, 0.1) is 0 Å². The minimum atomic E-state index is -0.935. The molecule has 0 aliphatic carbocycles. The Bertz CT molecular complexity index is 191. The lowest BCUT2D eigenvalue weighted by molar-refractivity contribution is -0.132. The van der Waals surface area contributed by atoms with Crippen LogP contribution in [0.1, 0.15) is 19.8 Å². The Morgan fingerprint density at radius 1 is 1.50 bits per heavy atom. The second kappa shape index (κ2) is 9.51. The van der Waals surface area contributed by atoms with Gasteiger partial charge in [-0.2, -0.15) is 0 Å². The van der Waals surface area contributed by atoms with Crippen LogP contribution in [0.5, 0.6) is 0 Å². The molecule has 1 aliphatic rings. The molecule has 4 heteroatoms. The third-order valence-corrected chi connectivity index (χ3v) is 1.27. The van der Waals surface area contributed by atoms with E-state index in [9.17, 15) is 9.59 Å². The molecule has 1 rings (SSSR count). The summed E-state index contributed by atoms with van der Waals surface area (Å²) in [4.78, 5) is 19.7.